The van der Waals surface area contributed by atoms with Crippen molar-refractivity contribution in [3.63, 3.8) is 0 Å². The Balaban J connectivity index is 1.65. The second-order valence-corrected chi connectivity index (χ2v) is 8.29. The van der Waals surface area contributed by atoms with Gasteiger partial charge in [-0.1, -0.05) is 30.3 Å². The number of aryl methyl sites for hydroxylation is 1. The highest BCUT2D eigenvalue weighted by atomic mass is 19.4. The number of nitrogens with one attached hydrogen (secondary N) is 1. The lowest BCUT2D eigenvalue weighted by molar-refractivity contribution is -0.137. The van der Waals surface area contributed by atoms with Crippen LogP contribution in [0, 0.1) is 5.82 Å². The predicted molar refractivity (Wildman–Crippen MR) is 128 cm³/mol. The molecule has 0 radical (unpaired) electrons. The largest absolute Gasteiger partial charge is 0.417 e. The standard InChI is InChI=1S/C26H19F4N5O2/c1-34-10-9-22(33-34)18-11-19(21(27)12-20(18)26(28,29)30)25(37)32-24-17(15-5-3-2-4-6-15)7-8-23-16(14-36)13-31-35(23)24/h2-13,36H,14H2,1H3,(H,32,37). The van der Waals surface area contributed by atoms with Crippen LogP contribution in [0.5, 0.6) is 0 Å². The number of carbonyl (C=O) groups excluding carboxylic acids is 1. The van der Waals surface area contributed by atoms with E-state index in [0.29, 0.717) is 28.3 Å². The van der Waals surface area contributed by atoms with E-state index < -0.39 is 34.6 Å². The van der Waals surface area contributed by atoms with Crippen LogP contribution >= 0.6 is 0 Å². The number of pyridine rings is 1. The monoisotopic (exact) mass is 509 g/mol. The number of hydrogen-bond donors (Lipinski definition) is 2. The highest BCUT2D eigenvalue weighted by Crippen LogP contribution is 2.38. The zero-order valence-electron chi connectivity index (χ0n) is 19.3. The van der Waals surface area contributed by atoms with Crippen molar-refractivity contribution in [1.29, 1.82) is 0 Å². The van der Waals surface area contributed by atoms with Crippen molar-refractivity contribution in [3.8, 4) is 22.4 Å². The molecule has 3 aromatic heterocycles. The lowest BCUT2D eigenvalue weighted by Crippen LogP contribution is -2.19. The Bertz CT molecular complexity index is 1620. The Morgan fingerprint density at radius 2 is 1.81 bits per heavy atom. The van der Waals surface area contributed by atoms with Crippen molar-refractivity contribution < 1.29 is 27.5 Å². The number of aliphatic hydroxyl groups excluding tert-OH is 1. The van der Waals surface area contributed by atoms with Gasteiger partial charge in [-0.15, -0.1) is 0 Å². The number of anilines is 1. The third kappa shape index (κ3) is 4.45. The summed E-state index contributed by atoms with van der Waals surface area (Å²) in [6, 6.07) is 14.9. The normalized spacial score (nSPS) is 11.7. The van der Waals surface area contributed by atoms with Crippen molar-refractivity contribution in [3.05, 3.63) is 95.6 Å². The Morgan fingerprint density at radius 3 is 2.46 bits per heavy atom. The van der Waals surface area contributed by atoms with Gasteiger partial charge in [0.2, 0.25) is 0 Å². The van der Waals surface area contributed by atoms with Crippen molar-refractivity contribution in [1.82, 2.24) is 19.4 Å². The van der Waals surface area contributed by atoms with Crippen molar-refractivity contribution in [2.75, 3.05) is 5.32 Å². The fraction of sp³-hybridized carbons (Fsp3) is 0.115. The smallest absolute Gasteiger partial charge is 0.392 e. The van der Waals surface area contributed by atoms with E-state index in [1.165, 1.54) is 34.7 Å². The Labute approximate surface area is 207 Å². The van der Waals surface area contributed by atoms with Gasteiger partial charge in [-0.05, 0) is 35.9 Å². The van der Waals surface area contributed by atoms with Gasteiger partial charge in [0.15, 0.2) is 0 Å². The van der Waals surface area contributed by atoms with Crippen LogP contribution in [0.25, 0.3) is 27.9 Å². The number of aliphatic hydroxyl groups is 1. The molecule has 0 fully saturated rings. The first kappa shape index (κ1) is 24.2. The number of rotatable bonds is 5. The highest BCUT2D eigenvalue weighted by Gasteiger charge is 2.36. The molecule has 0 bridgehead atoms. The Kier molecular flexibility index (Phi) is 6.00. The number of alkyl halides is 3. The van der Waals surface area contributed by atoms with Crippen LogP contribution in [-0.4, -0.2) is 30.4 Å². The van der Waals surface area contributed by atoms with Gasteiger partial charge in [-0.2, -0.15) is 23.4 Å². The average Bonchev–Trinajstić information content (AvgIpc) is 3.50. The summed E-state index contributed by atoms with van der Waals surface area (Å²) in [7, 11) is 1.53. The number of carbonyl (C=O) groups is 1. The van der Waals surface area contributed by atoms with Crippen LogP contribution in [0.4, 0.5) is 23.4 Å². The quantitative estimate of drug-likeness (QED) is 0.315. The molecule has 37 heavy (non-hydrogen) atoms. The molecule has 0 aliphatic rings. The van der Waals surface area contributed by atoms with Gasteiger partial charge in [0.25, 0.3) is 5.91 Å². The zero-order chi connectivity index (χ0) is 26.3. The molecular formula is C26H19F4N5O2. The molecular weight excluding hydrogens is 490 g/mol. The highest BCUT2D eigenvalue weighted by molar-refractivity contribution is 6.07. The summed E-state index contributed by atoms with van der Waals surface area (Å²) in [5.41, 5.74) is -0.0912. The minimum absolute atomic E-state index is 0.0596. The van der Waals surface area contributed by atoms with Crippen LogP contribution in [0.3, 0.4) is 0 Å². The molecule has 0 spiro atoms. The van der Waals surface area contributed by atoms with E-state index in [4.69, 9.17) is 0 Å². The van der Waals surface area contributed by atoms with E-state index in [1.54, 1.807) is 36.4 Å². The number of halogens is 4. The minimum Gasteiger partial charge on any atom is -0.392 e. The number of hydrogen-bond acceptors (Lipinski definition) is 4. The van der Waals surface area contributed by atoms with Gasteiger partial charge in [-0.3, -0.25) is 9.48 Å². The Morgan fingerprint density at radius 1 is 1.05 bits per heavy atom. The molecule has 0 aliphatic heterocycles. The first-order valence-electron chi connectivity index (χ1n) is 11.1. The first-order valence-corrected chi connectivity index (χ1v) is 11.1. The summed E-state index contributed by atoms with van der Waals surface area (Å²) >= 11 is 0. The number of fused-ring (bicyclic) bond motifs is 1. The first-order chi connectivity index (χ1) is 17.7. The molecule has 5 rings (SSSR count). The molecule has 0 unspecified atom stereocenters. The van der Waals surface area contributed by atoms with Crippen LogP contribution in [0.15, 0.2) is 73.1 Å². The predicted octanol–water partition coefficient (Wildman–Crippen LogP) is 5.30. The third-order valence-electron chi connectivity index (χ3n) is 5.89. The molecule has 1 amide bonds. The number of amides is 1. The minimum atomic E-state index is -4.87. The van der Waals surface area contributed by atoms with Crippen LogP contribution in [0.2, 0.25) is 0 Å². The van der Waals surface area contributed by atoms with E-state index in [-0.39, 0.29) is 18.1 Å². The molecule has 7 nitrogen and oxygen atoms in total. The SMILES string of the molecule is Cn1ccc(-c2cc(C(=O)Nc3c(-c4ccccc4)ccc4c(CO)cnn34)c(F)cc2C(F)(F)F)n1. The zero-order valence-corrected chi connectivity index (χ0v) is 19.3. The topological polar surface area (TPSA) is 84.5 Å². The molecule has 0 aliphatic carbocycles. The van der Waals surface area contributed by atoms with Crippen molar-refractivity contribution >= 4 is 17.2 Å². The van der Waals surface area contributed by atoms with Gasteiger partial charge >= 0.3 is 6.18 Å². The van der Waals surface area contributed by atoms with Crippen molar-refractivity contribution in [2.45, 2.75) is 12.8 Å². The fourth-order valence-corrected chi connectivity index (χ4v) is 4.12. The molecule has 3 heterocycles. The lowest BCUT2D eigenvalue weighted by atomic mass is 9.99. The average molecular weight is 509 g/mol. The molecule has 11 heteroatoms. The maximum atomic E-state index is 15.0. The van der Waals surface area contributed by atoms with Crippen LogP contribution in [0.1, 0.15) is 21.5 Å². The molecule has 5 aromatic rings. The summed E-state index contributed by atoms with van der Waals surface area (Å²) in [6.45, 7) is -0.303. The van der Waals surface area contributed by atoms with Crippen LogP contribution < -0.4 is 5.32 Å². The van der Waals surface area contributed by atoms with E-state index >= 15 is 0 Å². The maximum absolute atomic E-state index is 15.0. The lowest BCUT2D eigenvalue weighted by Gasteiger charge is -2.16. The summed E-state index contributed by atoms with van der Waals surface area (Å²) in [5, 5.41) is 20.5. The summed E-state index contributed by atoms with van der Waals surface area (Å²) in [6.07, 6.45) is -2.00. The molecule has 0 saturated heterocycles. The summed E-state index contributed by atoms with van der Waals surface area (Å²) < 4.78 is 58.8. The second-order valence-electron chi connectivity index (χ2n) is 8.29. The van der Waals surface area contributed by atoms with Gasteiger partial charge < -0.3 is 10.4 Å². The summed E-state index contributed by atoms with van der Waals surface area (Å²) in [4.78, 5) is 13.3. The Hall–Kier alpha value is -4.51. The van der Waals surface area contributed by atoms with Gasteiger partial charge in [0.05, 0.1) is 35.1 Å². The molecule has 0 saturated carbocycles. The van der Waals surface area contributed by atoms with E-state index in [0.717, 1.165) is 6.07 Å². The van der Waals surface area contributed by atoms with E-state index in [9.17, 15) is 27.5 Å². The second kappa shape index (κ2) is 9.17. The number of benzene rings is 2. The number of aromatic nitrogens is 4. The van der Waals surface area contributed by atoms with Crippen LogP contribution in [-0.2, 0) is 19.8 Å². The van der Waals surface area contributed by atoms with Gasteiger partial charge in [-0.25, -0.2) is 8.91 Å². The van der Waals surface area contributed by atoms with Gasteiger partial charge in [0, 0.05) is 29.9 Å². The number of nitrogens with zero attached hydrogens (tertiary/aromatic N) is 4. The molecule has 188 valence electrons. The summed E-state index contributed by atoms with van der Waals surface area (Å²) in [5.74, 6) is -2.16. The molecule has 2 N–H and O–H groups in total. The third-order valence-corrected chi connectivity index (χ3v) is 5.89. The maximum Gasteiger partial charge on any atom is 0.417 e. The van der Waals surface area contributed by atoms with E-state index in [2.05, 4.69) is 15.5 Å². The molecule has 2 aromatic carbocycles. The molecule has 0 atom stereocenters. The van der Waals surface area contributed by atoms with Gasteiger partial charge in [0.1, 0.15) is 11.6 Å². The fourth-order valence-electron chi connectivity index (χ4n) is 4.12. The van der Waals surface area contributed by atoms with E-state index in [1.807, 2.05) is 6.07 Å². The van der Waals surface area contributed by atoms with Crippen molar-refractivity contribution in [2.24, 2.45) is 7.05 Å².